The van der Waals surface area contributed by atoms with Gasteiger partial charge in [0, 0.05) is 11.3 Å². The first kappa shape index (κ1) is 19.2. The zero-order valence-electron chi connectivity index (χ0n) is 15.5. The van der Waals surface area contributed by atoms with Crippen molar-refractivity contribution in [3.05, 3.63) is 71.7 Å². The van der Waals surface area contributed by atoms with Crippen LogP contribution in [-0.2, 0) is 0 Å². The van der Waals surface area contributed by atoms with E-state index in [9.17, 15) is 9.18 Å². The van der Waals surface area contributed by atoms with Crippen LogP contribution in [-0.4, -0.2) is 17.5 Å². The zero-order chi connectivity index (χ0) is 20.1. The predicted octanol–water partition coefficient (Wildman–Crippen LogP) is 4.55. The van der Waals surface area contributed by atoms with Crippen molar-refractivity contribution in [2.24, 2.45) is 0 Å². The molecule has 3 N–H and O–H groups in total. The summed E-state index contributed by atoms with van der Waals surface area (Å²) in [6.07, 6.45) is 0. The first-order valence-electron chi connectivity index (χ1n) is 8.71. The average molecular weight is 381 g/mol. The first-order valence-corrected chi connectivity index (χ1v) is 8.71. The van der Waals surface area contributed by atoms with Crippen molar-refractivity contribution in [2.75, 3.05) is 17.7 Å². The van der Waals surface area contributed by atoms with Crippen molar-refractivity contribution in [1.29, 1.82) is 0 Å². The fraction of sp³-hybridized carbons (Fsp3) is 0.143. The van der Waals surface area contributed by atoms with Crippen LogP contribution in [0, 0.1) is 12.9 Å². The maximum absolute atomic E-state index is 13.4. The maximum atomic E-state index is 13.4. The molecule has 0 atom stereocenters. The summed E-state index contributed by atoms with van der Waals surface area (Å²) in [5.74, 6) is 0.516. The summed E-state index contributed by atoms with van der Waals surface area (Å²) >= 11 is 0. The molecular weight excluding hydrogens is 361 g/mol. The molecule has 0 saturated carbocycles. The molecule has 3 aromatic rings. The molecule has 0 unspecified atom stereocenters. The van der Waals surface area contributed by atoms with Gasteiger partial charge in [-0.1, -0.05) is 12.1 Å². The second-order valence-corrected chi connectivity index (χ2v) is 5.99. The Balaban J connectivity index is 1.71. The third kappa shape index (κ3) is 4.37. The fourth-order valence-electron chi connectivity index (χ4n) is 2.53. The molecule has 3 rings (SSSR count). The molecule has 2 aromatic carbocycles. The van der Waals surface area contributed by atoms with Gasteiger partial charge in [-0.15, -0.1) is 0 Å². The standard InChI is InChI=1S/C21H20FN3O3/c1-3-27-17-6-4-5-7-18(17)28-15-10-8-14(9-11-15)24-21(26)16-12-13(2)19(22)25-20(16)23/h4-12H,3H2,1-2H3,(H2,23,25)(H,24,26). The molecule has 28 heavy (non-hydrogen) atoms. The van der Waals surface area contributed by atoms with Crippen molar-refractivity contribution in [3.8, 4) is 17.2 Å². The van der Waals surface area contributed by atoms with Crippen LogP contribution in [0.4, 0.5) is 15.9 Å². The van der Waals surface area contributed by atoms with Gasteiger partial charge in [-0.05, 0) is 56.3 Å². The molecule has 7 heteroatoms. The van der Waals surface area contributed by atoms with Crippen molar-refractivity contribution < 1.29 is 18.7 Å². The number of nitrogens with zero attached hydrogens (tertiary/aromatic N) is 1. The van der Waals surface area contributed by atoms with Gasteiger partial charge >= 0.3 is 0 Å². The second-order valence-electron chi connectivity index (χ2n) is 5.99. The number of anilines is 2. The summed E-state index contributed by atoms with van der Waals surface area (Å²) in [4.78, 5) is 15.9. The number of nitrogens with two attached hydrogens (primary N) is 1. The monoisotopic (exact) mass is 381 g/mol. The molecular formula is C21H20FN3O3. The smallest absolute Gasteiger partial charge is 0.259 e. The summed E-state index contributed by atoms with van der Waals surface area (Å²) in [5, 5.41) is 2.71. The number of nitrogens with one attached hydrogen (secondary N) is 1. The van der Waals surface area contributed by atoms with Crippen LogP contribution in [0.1, 0.15) is 22.8 Å². The van der Waals surface area contributed by atoms with E-state index in [0.29, 0.717) is 29.5 Å². The topological polar surface area (TPSA) is 86.5 Å². The third-order valence-corrected chi connectivity index (χ3v) is 3.91. The van der Waals surface area contributed by atoms with E-state index in [0.717, 1.165) is 0 Å². The van der Waals surface area contributed by atoms with Crippen molar-refractivity contribution in [3.63, 3.8) is 0 Å². The number of aryl methyl sites for hydroxylation is 1. The number of amides is 1. The van der Waals surface area contributed by atoms with Gasteiger partial charge in [0.05, 0.1) is 12.2 Å². The van der Waals surface area contributed by atoms with E-state index in [2.05, 4.69) is 10.3 Å². The molecule has 0 aliphatic rings. The lowest BCUT2D eigenvalue weighted by Gasteiger charge is -2.12. The highest BCUT2D eigenvalue weighted by molar-refractivity contribution is 6.07. The molecule has 0 aliphatic carbocycles. The maximum Gasteiger partial charge on any atom is 0.259 e. The lowest BCUT2D eigenvalue weighted by molar-refractivity contribution is 0.102. The van der Waals surface area contributed by atoms with Crippen molar-refractivity contribution in [1.82, 2.24) is 4.98 Å². The van der Waals surface area contributed by atoms with E-state index in [1.807, 2.05) is 31.2 Å². The summed E-state index contributed by atoms with van der Waals surface area (Å²) < 4.78 is 24.8. The number of hydrogen-bond acceptors (Lipinski definition) is 5. The fourth-order valence-corrected chi connectivity index (χ4v) is 2.53. The number of rotatable bonds is 6. The quantitative estimate of drug-likeness (QED) is 0.612. The number of carbonyl (C=O) groups excluding carboxylic acids is 1. The Kier molecular flexibility index (Phi) is 5.74. The largest absolute Gasteiger partial charge is 0.490 e. The number of halogens is 1. The Morgan fingerprint density at radius 1 is 1.14 bits per heavy atom. The predicted molar refractivity (Wildman–Crippen MR) is 105 cm³/mol. The van der Waals surface area contributed by atoms with Gasteiger partial charge in [-0.2, -0.15) is 4.39 Å². The molecule has 1 amide bonds. The highest BCUT2D eigenvalue weighted by Gasteiger charge is 2.14. The second kappa shape index (κ2) is 8.39. The number of ether oxygens (including phenoxy) is 2. The summed E-state index contributed by atoms with van der Waals surface area (Å²) in [6.45, 7) is 3.95. The number of carbonyl (C=O) groups is 1. The molecule has 0 fully saturated rings. The van der Waals surface area contributed by atoms with Gasteiger partial charge in [-0.25, -0.2) is 4.98 Å². The van der Waals surface area contributed by atoms with Gasteiger partial charge in [0.1, 0.15) is 11.6 Å². The van der Waals surface area contributed by atoms with E-state index < -0.39 is 11.9 Å². The minimum atomic E-state index is -0.692. The number of benzene rings is 2. The van der Waals surface area contributed by atoms with Crippen LogP contribution in [0.5, 0.6) is 17.2 Å². The van der Waals surface area contributed by atoms with E-state index in [4.69, 9.17) is 15.2 Å². The lowest BCUT2D eigenvalue weighted by Crippen LogP contribution is -2.16. The molecule has 144 valence electrons. The first-order chi connectivity index (χ1) is 13.5. The summed E-state index contributed by atoms with van der Waals surface area (Å²) in [5.41, 5.74) is 6.55. The molecule has 0 saturated heterocycles. The highest BCUT2D eigenvalue weighted by atomic mass is 19.1. The number of pyridine rings is 1. The Morgan fingerprint density at radius 2 is 1.82 bits per heavy atom. The number of nitrogen functional groups attached to an aromatic ring is 1. The zero-order valence-corrected chi connectivity index (χ0v) is 15.5. The van der Waals surface area contributed by atoms with Crippen LogP contribution in [0.25, 0.3) is 0 Å². The Labute approximate surface area is 162 Å². The van der Waals surface area contributed by atoms with Gasteiger partial charge in [0.2, 0.25) is 5.95 Å². The van der Waals surface area contributed by atoms with Gasteiger partial charge < -0.3 is 20.5 Å². The van der Waals surface area contributed by atoms with Gasteiger partial charge in [0.25, 0.3) is 5.91 Å². The molecule has 1 aromatic heterocycles. The SMILES string of the molecule is CCOc1ccccc1Oc1ccc(NC(=O)c2cc(C)c(F)nc2N)cc1. The molecule has 0 bridgehead atoms. The van der Waals surface area contributed by atoms with E-state index >= 15 is 0 Å². The molecule has 0 radical (unpaired) electrons. The van der Waals surface area contributed by atoms with Crippen molar-refractivity contribution in [2.45, 2.75) is 13.8 Å². The average Bonchev–Trinajstić information content (AvgIpc) is 2.68. The summed E-state index contributed by atoms with van der Waals surface area (Å²) in [6, 6.07) is 15.6. The lowest BCUT2D eigenvalue weighted by atomic mass is 10.1. The van der Waals surface area contributed by atoms with E-state index in [1.165, 1.54) is 13.0 Å². The Bertz CT molecular complexity index is 991. The van der Waals surface area contributed by atoms with Crippen LogP contribution in [0.15, 0.2) is 54.6 Å². The van der Waals surface area contributed by atoms with Gasteiger partial charge in [0.15, 0.2) is 11.5 Å². The molecule has 0 spiro atoms. The van der Waals surface area contributed by atoms with Gasteiger partial charge in [-0.3, -0.25) is 4.79 Å². The number of para-hydroxylation sites is 2. The number of hydrogen-bond donors (Lipinski definition) is 2. The van der Waals surface area contributed by atoms with Crippen LogP contribution < -0.4 is 20.5 Å². The number of aromatic nitrogens is 1. The van der Waals surface area contributed by atoms with Crippen LogP contribution in [0.3, 0.4) is 0 Å². The van der Waals surface area contributed by atoms with Crippen molar-refractivity contribution >= 4 is 17.4 Å². The van der Waals surface area contributed by atoms with E-state index in [-0.39, 0.29) is 16.9 Å². The van der Waals surface area contributed by atoms with Crippen LogP contribution in [0.2, 0.25) is 0 Å². The minimum Gasteiger partial charge on any atom is -0.490 e. The molecule has 6 nitrogen and oxygen atoms in total. The Morgan fingerprint density at radius 3 is 2.50 bits per heavy atom. The minimum absolute atomic E-state index is 0.116. The normalized spacial score (nSPS) is 10.4. The highest BCUT2D eigenvalue weighted by Crippen LogP contribution is 2.31. The molecule has 1 heterocycles. The van der Waals surface area contributed by atoms with E-state index in [1.54, 1.807) is 24.3 Å². The third-order valence-electron chi connectivity index (χ3n) is 3.91. The van der Waals surface area contributed by atoms with Crippen LogP contribution >= 0.6 is 0 Å². The molecule has 0 aliphatic heterocycles. The summed E-state index contributed by atoms with van der Waals surface area (Å²) in [7, 11) is 0. The Hall–Kier alpha value is -3.61.